The van der Waals surface area contributed by atoms with Gasteiger partial charge in [-0.25, -0.2) is 13.4 Å². The SMILES string of the molecule is O=C(NCc1cn2ccccc2n1)c1ccc(NS(=O)(=O)c2cccs2)cc1. The van der Waals surface area contributed by atoms with E-state index in [1.54, 1.807) is 35.7 Å². The molecule has 1 aromatic carbocycles. The molecule has 1 amide bonds. The topological polar surface area (TPSA) is 92.6 Å². The molecule has 0 saturated heterocycles. The number of anilines is 1. The van der Waals surface area contributed by atoms with E-state index in [2.05, 4.69) is 15.0 Å². The number of hydrogen-bond donors (Lipinski definition) is 2. The normalized spacial score (nSPS) is 11.4. The van der Waals surface area contributed by atoms with E-state index in [4.69, 9.17) is 0 Å². The molecule has 4 aromatic rings. The molecule has 9 heteroatoms. The number of nitrogens with zero attached hydrogens (tertiary/aromatic N) is 2. The third kappa shape index (κ3) is 3.90. The number of fused-ring (bicyclic) bond motifs is 1. The third-order valence-electron chi connectivity index (χ3n) is 4.00. The minimum atomic E-state index is -3.60. The third-order valence-corrected chi connectivity index (χ3v) is 6.78. The predicted octanol–water partition coefficient (Wildman–Crippen LogP) is 3.13. The Kier molecular flexibility index (Phi) is 4.84. The van der Waals surface area contributed by atoms with Crippen molar-refractivity contribution in [1.82, 2.24) is 14.7 Å². The van der Waals surface area contributed by atoms with E-state index in [1.807, 2.05) is 35.0 Å². The van der Waals surface area contributed by atoms with Crippen LogP contribution in [-0.2, 0) is 16.6 Å². The Bertz CT molecular complexity index is 1180. The zero-order chi connectivity index (χ0) is 19.6. The van der Waals surface area contributed by atoms with Gasteiger partial charge in [-0.15, -0.1) is 11.3 Å². The maximum atomic E-state index is 12.3. The summed E-state index contributed by atoms with van der Waals surface area (Å²) < 4.78 is 29.1. The van der Waals surface area contributed by atoms with Gasteiger partial charge in [-0.1, -0.05) is 12.1 Å². The number of nitrogens with one attached hydrogen (secondary N) is 2. The first-order chi connectivity index (χ1) is 13.5. The van der Waals surface area contributed by atoms with Crippen molar-refractivity contribution in [1.29, 1.82) is 0 Å². The maximum Gasteiger partial charge on any atom is 0.271 e. The van der Waals surface area contributed by atoms with Gasteiger partial charge >= 0.3 is 0 Å². The van der Waals surface area contributed by atoms with E-state index < -0.39 is 10.0 Å². The summed E-state index contributed by atoms with van der Waals surface area (Å²) in [6.45, 7) is 0.299. The fraction of sp³-hybridized carbons (Fsp3) is 0.0526. The van der Waals surface area contributed by atoms with Gasteiger partial charge in [0.05, 0.1) is 12.2 Å². The zero-order valence-corrected chi connectivity index (χ0v) is 16.2. The highest BCUT2D eigenvalue weighted by Gasteiger charge is 2.15. The Hall–Kier alpha value is -3.17. The van der Waals surface area contributed by atoms with Gasteiger partial charge in [0, 0.05) is 23.6 Å². The lowest BCUT2D eigenvalue weighted by Gasteiger charge is -2.07. The molecule has 0 aliphatic heterocycles. The number of amides is 1. The summed E-state index contributed by atoms with van der Waals surface area (Å²) in [5, 5.41) is 4.51. The molecule has 0 atom stereocenters. The summed E-state index contributed by atoms with van der Waals surface area (Å²) >= 11 is 1.14. The Labute approximate surface area is 165 Å². The summed E-state index contributed by atoms with van der Waals surface area (Å²) in [5.74, 6) is -0.260. The van der Waals surface area contributed by atoms with Crippen LogP contribution in [0.25, 0.3) is 5.65 Å². The van der Waals surface area contributed by atoms with Crippen LogP contribution in [0.1, 0.15) is 16.1 Å². The second-order valence-corrected chi connectivity index (χ2v) is 8.85. The number of imidazole rings is 1. The quantitative estimate of drug-likeness (QED) is 0.509. The van der Waals surface area contributed by atoms with Gasteiger partial charge in [-0.2, -0.15) is 0 Å². The van der Waals surface area contributed by atoms with Crippen LogP contribution in [0, 0.1) is 0 Å². The molecule has 7 nitrogen and oxygen atoms in total. The first kappa shape index (κ1) is 18.2. The van der Waals surface area contributed by atoms with E-state index >= 15 is 0 Å². The summed E-state index contributed by atoms with van der Waals surface area (Å²) in [6, 6.07) is 15.2. The molecule has 0 aliphatic carbocycles. The van der Waals surface area contributed by atoms with Crippen molar-refractivity contribution in [2.45, 2.75) is 10.8 Å². The fourth-order valence-electron chi connectivity index (χ4n) is 2.66. The summed E-state index contributed by atoms with van der Waals surface area (Å²) in [7, 11) is -3.60. The molecule has 0 saturated carbocycles. The molecular weight excluding hydrogens is 396 g/mol. The lowest BCUT2D eigenvalue weighted by atomic mass is 10.2. The van der Waals surface area contributed by atoms with Crippen molar-refractivity contribution in [3.05, 3.63) is 83.6 Å². The first-order valence-corrected chi connectivity index (χ1v) is 10.7. The smallest absolute Gasteiger partial charge is 0.271 e. The molecule has 4 rings (SSSR count). The van der Waals surface area contributed by atoms with Gasteiger partial charge in [0.2, 0.25) is 0 Å². The lowest BCUT2D eigenvalue weighted by molar-refractivity contribution is 0.0950. The molecule has 0 aliphatic rings. The number of aromatic nitrogens is 2. The average molecular weight is 412 g/mol. The molecule has 0 spiro atoms. The van der Waals surface area contributed by atoms with Crippen LogP contribution >= 0.6 is 11.3 Å². The highest BCUT2D eigenvalue weighted by molar-refractivity contribution is 7.94. The van der Waals surface area contributed by atoms with E-state index in [1.165, 1.54) is 6.07 Å². The Morgan fingerprint density at radius 2 is 1.89 bits per heavy atom. The van der Waals surface area contributed by atoms with E-state index in [0.717, 1.165) is 22.7 Å². The minimum Gasteiger partial charge on any atom is -0.346 e. The molecule has 0 fully saturated rings. The standard InChI is InChI=1S/C19H16N4O3S2/c24-19(20-12-16-13-23-10-2-1-4-17(23)21-16)14-6-8-15(9-7-14)22-28(25,26)18-5-3-11-27-18/h1-11,13,22H,12H2,(H,20,24). The number of rotatable bonds is 6. The maximum absolute atomic E-state index is 12.3. The second-order valence-electron chi connectivity index (χ2n) is 6.00. The largest absolute Gasteiger partial charge is 0.346 e. The van der Waals surface area contributed by atoms with Crippen molar-refractivity contribution in [2.75, 3.05) is 4.72 Å². The molecule has 28 heavy (non-hydrogen) atoms. The van der Waals surface area contributed by atoms with Crippen molar-refractivity contribution in [3.8, 4) is 0 Å². The van der Waals surface area contributed by atoms with Crippen molar-refractivity contribution in [2.24, 2.45) is 0 Å². The van der Waals surface area contributed by atoms with Gasteiger partial charge in [0.25, 0.3) is 15.9 Å². The number of carbonyl (C=O) groups excluding carboxylic acids is 1. The van der Waals surface area contributed by atoms with Crippen molar-refractivity contribution >= 4 is 38.6 Å². The fourth-order valence-corrected chi connectivity index (χ4v) is 4.71. The van der Waals surface area contributed by atoms with E-state index in [9.17, 15) is 13.2 Å². The van der Waals surface area contributed by atoms with Crippen molar-refractivity contribution < 1.29 is 13.2 Å². The van der Waals surface area contributed by atoms with Crippen LogP contribution in [0.5, 0.6) is 0 Å². The van der Waals surface area contributed by atoms with E-state index in [0.29, 0.717) is 17.8 Å². The van der Waals surface area contributed by atoms with Crippen LogP contribution < -0.4 is 10.0 Å². The molecule has 3 aromatic heterocycles. The molecule has 0 unspecified atom stereocenters. The average Bonchev–Trinajstić information content (AvgIpc) is 3.36. The number of hydrogen-bond acceptors (Lipinski definition) is 5. The summed E-state index contributed by atoms with van der Waals surface area (Å²) in [4.78, 5) is 16.8. The highest BCUT2D eigenvalue weighted by Crippen LogP contribution is 2.20. The number of sulfonamides is 1. The van der Waals surface area contributed by atoms with Gasteiger partial charge in [-0.3, -0.25) is 9.52 Å². The summed E-state index contributed by atoms with van der Waals surface area (Å²) in [6.07, 6.45) is 3.75. The Morgan fingerprint density at radius 3 is 2.61 bits per heavy atom. The monoisotopic (exact) mass is 412 g/mol. The highest BCUT2D eigenvalue weighted by atomic mass is 32.2. The van der Waals surface area contributed by atoms with Crippen molar-refractivity contribution in [3.63, 3.8) is 0 Å². The van der Waals surface area contributed by atoms with Gasteiger partial charge in [0.1, 0.15) is 9.86 Å². The van der Waals surface area contributed by atoms with E-state index in [-0.39, 0.29) is 10.1 Å². The molecule has 2 N–H and O–H groups in total. The molecule has 0 radical (unpaired) electrons. The predicted molar refractivity (Wildman–Crippen MR) is 108 cm³/mol. The molecular formula is C19H16N4O3S2. The Balaban J connectivity index is 1.39. The number of carbonyl (C=O) groups is 1. The van der Waals surface area contributed by atoms with Crippen LogP contribution in [0.4, 0.5) is 5.69 Å². The molecule has 0 bridgehead atoms. The molecule has 142 valence electrons. The minimum absolute atomic E-state index is 0.238. The van der Waals surface area contributed by atoms with Crippen LogP contribution in [-0.4, -0.2) is 23.7 Å². The van der Waals surface area contributed by atoms with Gasteiger partial charge < -0.3 is 9.72 Å². The van der Waals surface area contributed by atoms with Gasteiger partial charge in [0.15, 0.2) is 0 Å². The Morgan fingerprint density at radius 1 is 1.07 bits per heavy atom. The van der Waals surface area contributed by atoms with Crippen LogP contribution in [0.3, 0.4) is 0 Å². The first-order valence-electron chi connectivity index (χ1n) is 8.38. The second kappa shape index (κ2) is 7.45. The van der Waals surface area contributed by atoms with Crippen LogP contribution in [0.15, 0.2) is 76.6 Å². The number of benzene rings is 1. The number of thiophene rings is 1. The zero-order valence-electron chi connectivity index (χ0n) is 14.6. The number of pyridine rings is 1. The summed E-state index contributed by atoms with van der Waals surface area (Å²) in [5.41, 5.74) is 2.39. The van der Waals surface area contributed by atoms with Gasteiger partial charge in [-0.05, 0) is 47.8 Å². The van der Waals surface area contributed by atoms with Crippen LogP contribution in [0.2, 0.25) is 0 Å². The lowest BCUT2D eigenvalue weighted by Crippen LogP contribution is -2.23. The molecule has 3 heterocycles.